The van der Waals surface area contributed by atoms with E-state index in [1.165, 1.54) is 0 Å². The summed E-state index contributed by atoms with van der Waals surface area (Å²) in [5.74, 6) is -0.108. The van der Waals surface area contributed by atoms with Crippen molar-refractivity contribution in [2.45, 2.75) is 12.8 Å². The van der Waals surface area contributed by atoms with Crippen LogP contribution < -0.4 is 0 Å². The highest BCUT2D eigenvalue weighted by atomic mass is 28.2. The Bertz CT molecular complexity index is 139. The zero-order valence-electron chi connectivity index (χ0n) is 4.81. The third kappa shape index (κ3) is 0.814. The van der Waals surface area contributed by atoms with Gasteiger partial charge in [-0.1, -0.05) is 6.08 Å². The average molecular weight is 128 g/mol. The third-order valence-corrected chi connectivity index (χ3v) is 1.62. The fourth-order valence-corrected chi connectivity index (χ4v) is 0.867. The average Bonchev–Trinajstić information content (AvgIpc) is 1.62. The SMILES string of the molecule is O=C(O[SiH3])C1=CCC1. The molecule has 0 saturated heterocycles. The first kappa shape index (κ1) is 5.56. The van der Waals surface area contributed by atoms with E-state index in [1.807, 2.05) is 6.08 Å². The first-order chi connectivity index (χ1) is 3.84. The number of hydrogen-bond acceptors (Lipinski definition) is 2. The summed E-state index contributed by atoms with van der Waals surface area (Å²) in [5, 5.41) is 0. The van der Waals surface area contributed by atoms with Crippen LogP contribution in [0.4, 0.5) is 0 Å². The van der Waals surface area contributed by atoms with E-state index in [1.54, 1.807) is 0 Å². The van der Waals surface area contributed by atoms with Gasteiger partial charge in [0.2, 0.25) is 10.5 Å². The summed E-state index contributed by atoms with van der Waals surface area (Å²) in [4.78, 5) is 10.5. The molecule has 1 rings (SSSR count). The van der Waals surface area contributed by atoms with Crippen molar-refractivity contribution in [3.8, 4) is 0 Å². The van der Waals surface area contributed by atoms with Gasteiger partial charge in [-0.05, 0) is 12.8 Å². The lowest BCUT2D eigenvalue weighted by molar-refractivity contribution is -0.130. The molecule has 8 heavy (non-hydrogen) atoms. The Kier molecular flexibility index (Phi) is 1.48. The van der Waals surface area contributed by atoms with Crippen LogP contribution in [-0.4, -0.2) is 16.5 Å². The summed E-state index contributed by atoms with van der Waals surface area (Å²) in [6, 6.07) is 0. The van der Waals surface area contributed by atoms with E-state index in [2.05, 4.69) is 4.43 Å². The molecule has 0 amide bonds. The van der Waals surface area contributed by atoms with Crippen molar-refractivity contribution in [2.24, 2.45) is 0 Å². The zero-order chi connectivity index (χ0) is 5.98. The van der Waals surface area contributed by atoms with Gasteiger partial charge >= 0.3 is 5.97 Å². The topological polar surface area (TPSA) is 26.3 Å². The van der Waals surface area contributed by atoms with Gasteiger partial charge in [-0.15, -0.1) is 0 Å². The van der Waals surface area contributed by atoms with Crippen molar-refractivity contribution in [2.75, 3.05) is 0 Å². The molecule has 0 heterocycles. The van der Waals surface area contributed by atoms with Gasteiger partial charge in [-0.25, -0.2) is 4.79 Å². The Labute approximate surface area is 51.1 Å². The van der Waals surface area contributed by atoms with Gasteiger partial charge in [0, 0.05) is 5.57 Å². The first-order valence-corrected chi connectivity index (χ1v) is 3.43. The summed E-state index contributed by atoms with van der Waals surface area (Å²) in [7, 11) is 0.519. The maximum Gasteiger partial charge on any atom is 0.319 e. The first-order valence-electron chi connectivity index (χ1n) is 2.62. The summed E-state index contributed by atoms with van der Waals surface area (Å²) >= 11 is 0. The van der Waals surface area contributed by atoms with Crippen LogP contribution in [0.5, 0.6) is 0 Å². The second kappa shape index (κ2) is 2.13. The Hall–Kier alpha value is -0.573. The van der Waals surface area contributed by atoms with Gasteiger partial charge in [-0.3, -0.25) is 0 Å². The molecule has 2 nitrogen and oxygen atoms in total. The third-order valence-electron chi connectivity index (χ3n) is 1.25. The fourth-order valence-electron chi connectivity index (χ4n) is 0.605. The lowest BCUT2D eigenvalue weighted by Crippen LogP contribution is -2.09. The monoisotopic (exact) mass is 128 g/mol. The van der Waals surface area contributed by atoms with Crippen LogP contribution in [0.25, 0.3) is 0 Å². The summed E-state index contributed by atoms with van der Waals surface area (Å²) in [5.41, 5.74) is 0.861. The van der Waals surface area contributed by atoms with Crippen LogP contribution in [-0.2, 0) is 9.22 Å². The molecule has 0 aromatic carbocycles. The molecule has 0 saturated carbocycles. The van der Waals surface area contributed by atoms with Crippen LogP contribution in [0.15, 0.2) is 11.6 Å². The summed E-state index contributed by atoms with van der Waals surface area (Å²) in [6.07, 6.45) is 3.88. The Morgan fingerprint density at radius 3 is 2.62 bits per heavy atom. The number of rotatable bonds is 1. The molecule has 0 aromatic heterocycles. The molecule has 3 heteroatoms. The molecule has 0 aliphatic heterocycles. The largest absolute Gasteiger partial charge is 0.526 e. The molecule has 0 N–H and O–H groups in total. The molecule has 0 unspecified atom stereocenters. The van der Waals surface area contributed by atoms with Crippen LogP contribution >= 0.6 is 0 Å². The quantitative estimate of drug-likeness (QED) is 0.446. The van der Waals surface area contributed by atoms with Gasteiger partial charge in [0.25, 0.3) is 0 Å². The smallest absolute Gasteiger partial charge is 0.319 e. The second-order valence-corrected chi connectivity index (χ2v) is 2.17. The molecule has 0 atom stereocenters. The lowest BCUT2D eigenvalue weighted by atomic mass is 10.00. The van der Waals surface area contributed by atoms with E-state index in [-0.39, 0.29) is 5.97 Å². The molecular weight excluding hydrogens is 120 g/mol. The van der Waals surface area contributed by atoms with Crippen LogP contribution in [0.3, 0.4) is 0 Å². The maximum atomic E-state index is 10.5. The Morgan fingerprint density at radius 1 is 1.88 bits per heavy atom. The van der Waals surface area contributed by atoms with Crippen molar-refractivity contribution in [1.29, 1.82) is 0 Å². The van der Waals surface area contributed by atoms with Crippen LogP contribution in [0.2, 0.25) is 0 Å². The van der Waals surface area contributed by atoms with Crippen molar-refractivity contribution in [1.82, 2.24) is 0 Å². The summed E-state index contributed by atoms with van der Waals surface area (Å²) < 4.78 is 4.59. The van der Waals surface area contributed by atoms with Crippen molar-refractivity contribution in [3.05, 3.63) is 11.6 Å². The highest BCUT2D eigenvalue weighted by Crippen LogP contribution is 2.17. The van der Waals surface area contributed by atoms with E-state index < -0.39 is 0 Å². The van der Waals surface area contributed by atoms with Crippen molar-refractivity contribution in [3.63, 3.8) is 0 Å². The molecule has 1 aliphatic rings. The maximum absolute atomic E-state index is 10.5. The normalized spacial score (nSPS) is 16.8. The van der Waals surface area contributed by atoms with E-state index in [0.29, 0.717) is 10.5 Å². The van der Waals surface area contributed by atoms with E-state index >= 15 is 0 Å². The fraction of sp³-hybridized carbons (Fsp3) is 0.400. The molecule has 0 spiro atoms. The van der Waals surface area contributed by atoms with E-state index in [4.69, 9.17) is 0 Å². The van der Waals surface area contributed by atoms with E-state index in [0.717, 1.165) is 18.4 Å². The van der Waals surface area contributed by atoms with Crippen molar-refractivity contribution >= 4 is 16.5 Å². The number of allylic oxidation sites excluding steroid dienone is 1. The number of carbonyl (C=O) groups is 1. The number of carbonyl (C=O) groups excluding carboxylic acids is 1. The molecule has 1 aliphatic carbocycles. The zero-order valence-corrected chi connectivity index (χ0v) is 6.81. The molecule has 0 aromatic rings. The second-order valence-electron chi connectivity index (χ2n) is 1.76. The predicted molar refractivity (Wildman–Crippen MR) is 33.3 cm³/mol. The lowest BCUT2D eigenvalue weighted by Gasteiger charge is -2.10. The number of hydrogen-bond donors (Lipinski definition) is 0. The van der Waals surface area contributed by atoms with Crippen molar-refractivity contribution < 1.29 is 9.22 Å². The minimum absolute atomic E-state index is 0.108. The van der Waals surface area contributed by atoms with Gasteiger partial charge in [0.05, 0.1) is 0 Å². The standard InChI is InChI=1S/C5H8O2Si/c6-5(7-8)4-2-1-3-4/h2H,1,3H2,8H3. The van der Waals surface area contributed by atoms with Gasteiger partial charge < -0.3 is 4.43 Å². The minimum Gasteiger partial charge on any atom is -0.526 e. The van der Waals surface area contributed by atoms with Gasteiger partial charge in [-0.2, -0.15) is 0 Å². The molecule has 0 fully saturated rings. The molecule has 44 valence electrons. The minimum atomic E-state index is -0.108. The van der Waals surface area contributed by atoms with Crippen LogP contribution in [0, 0.1) is 0 Å². The molecular formula is C5H8O2Si. The molecule has 0 bridgehead atoms. The molecule has 0 radical (unpaired) electrons. The predicted octanol–water partition coefficient (Wildman–Crippen LogP) is -0.470. The van der Waals surface area contributed by atoms with Crippen LogP contribution in [0.1, 0.15) is 12.8 Å². The van der Waals surface area contributed by atoms with Gasteiger partial charge in [0.15, 0.2) is 0 Å². The van der Waals surface area contributed by atoms with Gasteiger partial charge in [0.1, 0.15) is 0 Å². The van der Waals surface area contributed by atoms with E-state index in [9.17, 15) is 4.79 Å². The Morgan fingerprint density at radius 2 is 2.50 bits per heavy atom. The Balaban J connectivity index is 2.47. The highest BCUT2D eigenvalue weighted by Gasteiger charge is 2.13. The highest BCUT2D eigenvalue weighted by molar-refractivity contribution is 6.09. The summed E-state index contributed by atoms with van der Waals surface area (Å²) in [6.45, 7) is 0.